The fraction of sp³-hybridized carbons (Fsp3) is 0.318. The van der Waals surface area contributed by atoms with Gasteiger partial charge in [-0.05, 0) is 42.7 Å². The largest absolute Gasteiger partial charge is 0.497 e. The highest BCUT2D eigenvalue weighted by atomic mass is 16.5. The Hall–Kier alpha value is -2.75. The molecular weight excluding hydrogens is 326 g/mol. The van der Waals surface area contributed by atoms with Gasteiger partial charge in [-0.3, -0.25) is 0 Å². The Labute approximate surface area is 155 Å². The molecule has 0 aliphatic carbocycles. The molecule has 0 aromatic heterocycles. The SMILES string of the molecule is COC(=O)[C@@]1(c2ccccc2)C/C=C\CCCN1c1ccc(OC)cc1. The van der Waals surface area contributed by atoms with Crippen LogP contribution in [0.25, 0.3) is 0 Å². The summed E-state index contributed by atoms with van der Waals surface area (Å²) in [5.74, 6) is 0.551. The summed E-state index contributed by atoms with van der Waals surface area (Å²) >= 11 is 0. The van der Waals surface area contributed by atoms with E-state index < -0.39 is 5.54 Å². The van der Waals surface area contributed by atoms with Crippen molar-refractivity contribution in [2.24, 2.45) is 0 Å². The lowest BCUT2D eigenvalue weighted by molar-refractivity contribution is -0.147. The van der Waals surface area contributed by atoms with Crippen molar-refractivity contribution in [2.75, 3.05) is 25.7 Å². The van der Waals surface area contributed by atoms with Crippen LogP contribution in [0, 0.1) is 0 Å². The third-order valence-electron chi connectivity index (χ3n) is 4.95. The van der Waals surface area contributed by atoms with Crippen molar-refractivity contribution < 1.29 is 14.3 Å². The molecule has 2 aromatic rings. The van der Waals surface area contributed by atoms with Crippen LogP contribution in [0.4, 0.5) is 5.69 Å². The van der Waals surface area contributed by atoms with Gasteiger partial charge in [0.1, 0.15) is 5.75 Å². The monoisotopic (exact) mass is 351 g/mol. The van der Waals surface area contributed by atoms with E-state index in [1.165, 1.54) is 7.11 Å². The number of benzene rings is 2. The minimum atomic E-state index is -0.887. The van der Waals surface area contributed by atoms with Crippen molar-refractivity contribution in [1.29, 1.82) is 0 Å². The second kappa shape index (κ2) is 8.09. The summed E-state index contributed by atoms with van der Waals surface area (Å²) < 4.78 is 10.6. The van der Waals surface area contributed by atoms with Gasteiger partial charge in [-0.25, -0.2) is 4.79 Å². The minimum Gasteiger partial charge on any atom is -0.497 e. The molecule has 1 aliphatic heterocycles. The summed E-state index contributed by atoms with van der Waals surface area (Å²) in [5.41, 5.74) is 1.03. The van der Waals surface area contributed by atoms with Crippen LogP contribution in [0.5, 0.6) is 5.75 Å². The lowest BCUT2D eigenvalue weighted by Crippen LogP contribution is -2.53. The molecule has 4 nitrogen and oxygen atoms in total. The Bertz CT molecular complexity index is 755. The molecule has 0 bridgehead atoms. The van der Waals surface area contributed by atoms with E-state index in [9.17, 15) is 4.79 Å². The molecular formula is C22H25NO3. The van der Waals surface area contributed by atoms with Gasteiger partial charge >= 0.3 is 5.97 Å². The van der Waals surface area contributed by atoms with Crippen LogP contribution >= 0.6 is 0 Å². The van der Waals surface area contributed by atoms with Gasteiger partial charge in [-0.1, -0.05) is 42.5 Å². The predicted octanol–water partition coefficient (Wildman–Crippen LogP) is 4.31. The van der Waals surface area contributed by atoms with E-state index in [4.69, 9.17) is 9.47 Å². The van der Waals surface area contributed by atoms with Gasteiger partial charge in [-0.2, -0.15) is 0 Å². The molecule has 1 heterocycles. The number of ether oxygens (including phenoxy) is 2. The number of esters is 1. The van der Waals surface area contributed by atoms with Gasteiger partial charge in [0.05, 0.1) is 14.2 Å². The number of methoxy groups -OCH3 is 2. The number of carbonyl (C=O) groups excluding carboxylic acids is 1. The second-order valence-corrected chi connectivity index (χ2v) is 6.39. The molecule has 1 aliphatic rings. The molecule has 2 aromatic carbocycles. The summed E-state index contributed by atoms with van der Waals surface area (Å²) in [6.45, 7) is 0.765. The zero-order valence-corrected chi connectivity index (χ0v) is 15.4. The average Bonchev–Trinajstić information content (AvgIpc) is 2.69. The zero-order valence-electron chi connectivity index (χ0n) is 15.4. The average molecular weight is 351 g/mol. The first-order valence-electron chi connectivity index (χ1n) is 8.93. The molecule has 0 spiro atoms. The smallest absolute Gasteiger partial charge is 0.336 e. The quantitative estimate of drug-likeness (QED) is 0.608. The first-order chi connectivity index (χ1) is 12.7. The molecule has 0 fully saturated rings. The maximum absolute atomic E-state index is 13.1. The number of carbonyl (C=O) groups is 1. The van der Waals surface area contributed by atoms with Crippen molar-refractivity contribution >= 4 is 11.7 Å². The van der Waals surface area contributed by atoms with Crippen LogP contribution in [0.2, 0.25) is 0 Å². The van der Waals surface area contributed by atoms with E-state index in [1.54, 1.807) is 7.11 Å². The van der Waals surface area contributed by atoms with Crippen LogP contribution in [0.15, 0.2) is 66.7 Å². The van der Waals surface area contributed by atoms with E-state index in [1.807, 2.05) is 54.6 Å². The summed E-state index contributed by atoms with van der Waals surface area (Å²) in [6.07, 6.45) is 6.79. The van der Waals surface area contributed by atoms with E-state index in [-0.39, 0.29) is 5.97 Å². The Morgan fingerprint density at radius 2 is 1.73 bits per heavy atom. The molecule has 3 rings (SSSR count). The highest BCUT2D eigenvalue weighted by Gasteiger charge is 2.46. The van der Waals surface area contributed by atoms with Crippen LogP contribution in [-0.2, 0) is 15.1 Å². The Morgan fingerprint density at radius 3 is 2.38 bits per heavy atom. The molecule has 0 unspecified atom stereocenters. The van der Waals surface area contributed by atoms with Gasteiger partial charge in [0.2, 0.25) is 0 Å². The van der Waals surface area contributed by atoms with Crippen molar-refractivity contribution in [3.63, 3.8) is 0 Å². The molecule has 26 heavy (non-hydrogen) atoms. The lowest BCUT2D eigenvalue weighted by atomic mass is 9.82. The number of hydrogen-bond donors (Lipinski definition) is 0. The number of allylic oxidation sites excluding steroid dienone is 1. The number of nitrogens with zero attached hydrogens (tertiary/aromatic N) is 1. The molecule has 0 saturated heterocycles. The topological polar surface area (TPSA) is 38.8 Å². The number of anilines is 1. The van der Waals surface area contributed by atoms with Crippen LogP contribution in [-0.4, -0.2) is 26.7 Å². The maximum atomic E-state index is 13.1. The summed E-state index contributed by atoms with van der Waals surface area (Å²) in [5, 5.41) is 0. The first-order valence-corrected chi connectivity index (χ1v) is 8.93. The standard InChI is InChI=1S/C22H25NO3/c1-25-20-14-12-19(13-15-20)23-17-9-4-3-8-16-22(23,21(24)26-2)18-10-6-5-7-11-18/h3,5-8,10-15H,4,9,16-17H2,1-2H3/b8-3-/t22-/m0/s1. The molecule has 136 valence electrons. The fourth-order valence-electron chi connectivity index (χ4n) is 3.62. The summed E-state index contributed by atoms with van der Waals surface area (Å²) in [6, 6.07) is 17.8. The fourth-order valence-corrected chi connectivity index (χ4v) is 3.62. The minimum absolute atomic E-state index is 0.244. The molecule has 0 N–H and O–H groups in total. The Kier molecular flexibility index (Phi) is 5.61. The molecule has 4 heteroatoms. The predicted molar refractivity (Wildman–Crippen MR) is 103 cm³/mol. The maximum Gasteiger partial charge on any atom is 0.336 e. The first kappa shape index (κ1) is 18.1. The second-order valence-electron chi connectivity index (χ2n) is 6.39. The van der Waals surface area contributed by atoms with Crippen molar-refractivity contribution in [3.8, 4) is 5.75 Å². The number of rotatable bonds is 4. The van der Waals surface area contributed by atoms with Crippen LogP contribution < -0.4 is 9.64 Å². The van der Waals surface area contributed by atoms with Gasteiger partial charge < -0.3 is 14.4 Å². The van der Waals surface area contributed by atoms with Gasteiger partial charge in [0.15, 0.2) is 5.54 Å². The highest BCUT2D eigenvalue weighted by molar-refractivity contribution is 5.87. The molecule has 0 amide bonds. The van der Waals surface area contributed by atoms with Crippen molar-refractivity contribution in [1.82, 2.24) is 0 Å². The molecule has 1 atom stereocenters. The third kappa shape index (κ3) is 3.32. The normalized spacial score (nSPS) is 21.4. The van der Waals surface area contributed by atoms with Crippen molar-refractivity contribution in [3.05, 3.63) is 72.3 Å². The van der Waals surface area contributed by atoms with Crippen molar-refractivity contribution in [2.45, 2.75) is 24.8 Å². The van der Waals surface area contributed by atoms with E-state index >= 15 is 0 Å². The van der Waals surface area contributed by atoms with Gasteiger partial charge in [-0.15, -0.1) is 0 Å². The summed E-state index contributed by atoms with van der Waals surface area (Å²) in [4.78, 5) is 15.3. The molecule has 0 radical (unpaired) electrons. The van der Waals surface area contributed by atoms with E-state index in [0.29, 0.717) is 6.42 Å². The van der Waals surface area contributed by atoms with E-state index in [2.05, 4.69) is 17.1 Å². The Morgan fingerprint density at radius 1 is 1.00 bits per heavy atom. The summed E-state index contributed by atoms with van der Waals surface area (Å²) in [7, 11) is 3.11. The van der Waals surface area contributed by atoms with Gasteiger partial charge in [0.25, 0.3) is 0 Å². The van der Waals surface area contributed by atoms with E-state index in [0.717, 1.165) is 36.4 Å². The highest BCUT2D eigenvalue weighted by Crippen LogP contribution is 2.39. The lowest BCUT2D eigenvalue weighted by Gasteiger charge is -2.44. The Balaban J connectivity index is 2.17. The van der Waals surface area contributed by atoms with Crippen LogP contribution in [0.1, 0.15) is 24.8 Å². The number of hydrogen-bond acceptors (Lipinski definition) is 4. The molecule has 0 saturated carbocycles. The zero-order chi connectivity index (χ0) is 18.4. The third-order valence-corrected chi connectivity index (χ3v) is 4.95. The van der Waals surface area contributed by atoms with Crippen LogP contribution in [0.3, 0.4) is 0 Å². The van der Waals surface area contributed by atoms with Gasteiger partial charge in [0, 0.05) is 18.7 Å².